The summed E-state index contributed by atoms with van der Waals surface area (Å²) in [7, 11) is 0. The van der Waals surface area contributed by atoms with Crippen LogP contribution in [0.25, 0.3) is 10.9 Å². The van der Waals surface area contributed by atoms with Crippen LogP contribution in [0.15, 0.2) is 24.3 Å². The van der Waals surface area contributed by atoms with E-state index in [4.69, 9.17) is 0 Å². The zero-order valence-corrected chi connectivity index (χ0v) is 15.0. The van der Waals surface area contributed by atoms with E-state index in [0.717, 1.165) is 23.7 Å². The van der Waals surface area contributed by atoms with Crippen LogP contribution in [0.2, 0.25) is 0 Å². The summed E-state index contributed by atoms with van der Waals surface area (Å²) < 4.78 is 2.66. The lowest BCUT2D eigenvalue weighted by molar-refractivity contribution is 0.197. The highest BCUT2D eigenvalue weighted by Gasteiger charge is 2.35. The highest BCUT2D eigenvalue weighted by molar-refractivity contribution is 5.86. The minimum Gasteiger partial charge on any atom is -0.344 e. The normalized spacial score (nSPS) is 28.3. The van der Waals surface area contributed by atoms with Crippen LogP contribution >= 0.6 is 0 Å². The third kappa shape index (κ3) is 2.53. The first-order valence-electron chi connectivity index (χ1n) is 9.76. The molecule has 1 heteroatoms. The van der Waals surface area contributed by atoms with Gasteiger partial charge in [0.15, 0.2) is 0 Å². The van der Waals surface area contributed by atoms with Gasteiger partial charge in [-0.25, -0.2) is 0 Å². The minimum atomic E-state index is 0.776. The van der Waals surface area contributed by atoms with Crippen LogP contribution in [0.1, 0.15) is 70.1 Å². The van der Waals surface area contributed by atoms with Crippen molar-refractivity contribution in [1.29, 1.82) is 0 Å². The van der Waals surface area contributed by atoms with Gasteiger partial charge in [0, 0.05) is 23.1 Å². The molecule has 124 valence electrons. The van der Waals surface area contributed by atoms with Crippen molar-refractivity contribution in [3.8, 4) is 0 Å². The maximum atomic E-state index is 2.66. The molecule has 1 aromatic carbocycles. The summed E-state index contributed by atoms with van der Waals surface area (Å²) in [6.07, 6.45) is 8.25. The Morgan fingerprint density at radius 1 is 1.09 bits per heavy atom. The molecule has 2 aliphatic rings. The molecule has 0 radical (unpaired) electrons. The summed E-state index contributed by atoms with van der Waals surface area (Å²) in [5, 5.41) is 1.56. The molecule has 1 aliphatic heterocycles. The molecular weight excluding hydrogens is 278 g/mol. The SMILES string of the molecule is CC1CCC(C(C)C)C(c2c3n(c4ccccc24)CCCC3)C1. The number of benzene rings is 1. The average Bonchev–Trinajstić information content (AvgIpc) is 2.89. The van der Waals surface area contributed by atoms with Gasteiger partial charge in [-0.15, -0.1) is 0 Å². The Bertz CT molecular complexity index is 693. The smallest absolute Gasteiger partial charge is 0.0485 e. The second-order valence-corrected chi connectivity index (χ2v) is 8.42. The summed E-state index contributed by atoms with van der Waals surface area (Å²) in [5.74, 6) is 3.32. The predicted octanol–water partition coefficient (Wildman–Crippen LogP) is 6.15. The van der Waals surface area contributed by atoms with Crippen molar-refractivity contribution < 1.29 is 0 Å². The van der Waals surface area contributed by atoms with Gasteiger partial charge in [0.25, 0.3) is 0 Å². The van der Waals surface area contributed by atoms with Gasteiger partial charge in [-0.2, -0.15) is 0 Å². The van der Waals surface area contributed by atoms with E-state index >= 15 is 0 Å². The number of nitrogens with zero attached hydrogens (tertiary/aromatic N) is 1. The molecule has 2 heterocycles. The summed E-state index contributed by atoms with van der Waals surface area (Å²) in [5.41, 5.74) is 4.92. The predicted molar refractivity (Wildman–Crippen MR) is 99.0 cm³/mol. The molecule has 0 spiro atoms. The van der Waals surface area contributed by atoms with Crippen molar-refractivity contribution in [2.45, 2.75) is 71.8 Å². The number of aromatic nitrogens is 1. The average molecular weight is 309 g/mol. The molecule has 1 fully saturated rings. The largest absolute Gasteiger partial charge is 0.344 e. The molecule has 3 unspecified atom stereocenters. The molecule has 1 aromatic heterocycles. The van der Waals surface area contributed by atoms with E-state index in [1.807, 2.05) is 0 Å². The fraction of sp³-hybridized carbons (Fsp3) is 0.636. The lowest BCUT2D eigenvalue weighted by Crippen LogP contribution is -2.27. The zero-order chi connectivity index (χ0) is 16.0. The standard InChI is InChI=1S/C22H31N/c1-15(2)17-12-11-16(3)14-19(17)22-18-8-4-5-9-20(18)23-13-7-6-10-21(22)23/h4-5,8-9,15-17,19H,6-7,10-14H2,1-3H3. The number of rotatable bonds is 2. The fourth-order valence-corrected chi connectivity index (χ4v) is 5.42. The van der Waals surface area contributed by atoms with Gasteiger partial charge in [-0.05, 0) is 67.4 Å². The van der Waals surface area contributed by atoms with E-state index in [-0.39, 0.29) is 0 Å². The van der Waals surface area contributed by atoms with Gasteiger partial charge < -0.3 is 4.57 Å². The molecule has 1 saturated carbocycles. The quantitative estimate of drug-likeness (QED) is 0.626. The van der Waals surface area contributed by atoms with Gasteiger partial charge in [0.05, 0.1) is 0 Å². The van der Waals surface area contributed by atoms with Crippen LogP contribution in [0.4, 0.5) is 0 Å². The molecule has 4 rings (SSSR count). The first kappa shape index (κ1) is 15.3. The maximum Gasteiger partial charge on any atom is 0.0485 e. The number of hydrogen-bond donors (Lipinski definition) is 0. The van der Waals surface area contributed by atoms with Crippen LogP contribution in [0.5, 0.6) is 0 Å². The van der Waals surface area contributed by atoms with Gasteiger partial charge >= 0.3 is 0 Å². The van der Waals surface area contributed by atoms with Crippen molar-refractivity contribution in [2.24, 2.45) is 17.8 Å². The van der Waals surface area contributed by atoms with Crippen LogP contribution in [-0.2, 0) is 13.0 Å². The highest BCUT2D eigenvalue weighted by atomic mass is 15.0. The van der Waals surface area contributed by atoms with E-state index < -0.39 is 0 Å². The van der Waals surface area contributed by atoms with Gasteiger partial charge in [0.2, 0.25) is 0 Å². The van der Waals surface area contributed by atoms with E-state index in [0.29, 0.717) is 0 Å². The summed E-state index contributed by atoms with van der Waals surface area (Å²) in [4.78, 5) is 0. The summed E-state index contributed by atoms with van der Waals surface area (Å²) >= 11 is 0. The first-order valence-corrected chi connectivity index (χ1v) is 9.76. The Morgan fingerprint density at radius 3 is 2.74 bits per heavy atom. The molecule has 2 aromatic rings. The Morgan fingerprint density at radius 2 is 1.91 bits per heavy atom. The zero-order valence-electron chi connectivity index (χ0n) is 15.0. The van der Waals surface area contributed by atoms with Crippen LogP contribution < -0.4 is 0 Å². The topological polar surface area (TPSA) is 4.93 Å². The molecule has 1 nitrogen and oxygen atoms in total. The maximum absolute atomic E-state index is 2.66. The number of hydrogen-bond acceptors (Lipinski definition) is 0. The molecule has 0 bridgehead atoms. The Balaban J connectivity index is 1.89. The third-order valence-electron chi connectivity index (χ3n) is 6.56. The first-order chi connectivity index (χ1) is 11.2. The van der Waals surface area contributed by atoms with Crippen LogP contribution in [0.3, 0.4) is 0 Å². The number of aryl methyl sites for hydroxylation is 1. The Kier molecular flexibility index (Phi) is 3.99. The van der Waals surface area contributed by atoms with Crippen molar-refractivity contribution >= 4 is 10.9 Å². The van der Waals surface area contributed by atoms with Crippen molar-refractivity contribution in [3.63, 3.8) is 0 Å². The summed E-state index contributed by atoms with van der Waals surface area (Å²) in [6.45, 7) is 8.58. The monoisotopic (exact) mass is 309 g/mol. The fourth-order valence-electron chi connectivity index (χ4n) is 5.42. The van der Waals surface area contributed by atoms with E-state index in [1.165, 1.54) is 50.6 Å². The Labute approximate surface area is 141 Å². The van der Waals surface area contributed by atoms with Gasteiger partial charge in [0.1, 0.15) is 0 Å². The molecule has 1 aliphatic carbocycles. The van der Waals surface area contributed by atoms with Crippen LogP contribution in [-0.4, -0.2) is 4.57 Å². The molecular formula is C22H31N. The number of fused-ring (bicyclic) bond motifs is 3. The van der Waals surface area contributed by atoms with Gasteiger partial charge in [-0.3, -0.25) is 0 Å². The Hall–Kier alpha value is -1.24. The highest BCUT2D eigenvalue weighted by Crippen LogP contribution is 2.48. The number of para-hydroxylation sites is 1. The lowest BCUT2D eigenvalue weighted by atomic mass is 9.67. The van der Waals surface area contributed by atoms with Crippen LogP contribution in [0, 0.1) is 17.8 Å². The van der Waals surface area contributed by atoms with Crippen molar-refractivity contribution in [1.82, 2.24) is 4.57 Å². The lowest BCUT2D eigenvalue weighted by Gasteiger charge is -2.38. The molecule has 0 amide bonds. The van der Waals surface area contributed by atoms with E-state index in [9.17, 15) is 0 Å². The molecule has 0 saturated heterocycles. The van der Waals surface area contributed by atoms with Gasteiger partial charge in [-0.1, -0.05) is 45.4 Å². The molecule has 23 heavy (non-hydrogen) atoms. The second-order valence-electron chi connectivity index (χ2n) is 8.42. The molecule has 0 N–H and O–H groups in total. The molecule has 3 atom stereocenters. The third-order valence-corrected chi connectivity index (χ3v) is 6.56. The van der Waals surface area contributed by atoms with E-state index in [1.54, 1.807) is 16.6 Å². The minimum absolute atomic E-state index is 0.776. The van der Waals surface area contributed by atoms with Crippen molar-refractivity contribution in [3.05, 3.63) is 35.5 Å². The summed E-state index contributed by atoms with van der Waals surface area (Å²) in [6, 6.07) is 9.21. The van der Waals surface area contributed by atoms with E-state index in [2.05, 4.69) is 49.6 Å². The second kappa shape index (κ2) is 6.00. The van der Waals surface area contributed by atoms with Crippen molar-refractivity contribution in [2.75, 3.05) is 0 Å².